The molecule has 0 atom stereocenters. The van der Waals surface area contributed by atoms with Gasteiger partial charge >= 0.3 is 0 Å². The minimum absolute atomic E-state index is 0.205. The fourth-order valence-corrected chi connectivity index (χ4v) is 3.46. The number of aryl methyl sites for hydroxylation is 1. The van der Waals surface area contributed by atoms with Gasteiger partial charge in [-0.1, -0.05) is 53.5 Å². The molecule has 1 heterocycles. The average Bonchev–Trinajstić information content (AvgIpc) is 3.23. The third-order valence-electron chi connectivity index (χ3n) is 4.93. The van der Waals surface area contributed by atoms with Crippen LogP contribution in [0.15, 0.2) is 79.1 Å². The highest BCUT2D eigenvalue weighted by Crippen LogP contribution is 2.22. The van der Waals surface area contributed by atoms with Crippen LogP contribution in [-0.2, 0) is 13.2 Å². The first-order chi connectivity index (χ1) is 15.5. The number of ether oxygens (including phenoxy) is 1. The number of amides is 1. The minimum Gasteiger partial charge on any atom is -0.489 e. The summed E-state index contributed by atoms with van der Waals surface area (Å²) in [7, 11) is 0. The van der Waals surface area contributed by atoms with Crippen LogP contribution in [0.2, 0.25) is 10.0 Å². The van der Waals surface area contributed by atoms with Gasteiger partial charge in [0, 0.05) is 21.8 Å². The molecule has 0 saturated heterocycles. The van der Waals surface area contributed by atoms with E-state index in [0.717, 1.165) is 22.4 Å². The van der Waals surface area contributed by atoms with Crippen LogP contribution < -0.4 is 10.1 Å². The molecule has 32 heavy (non-hydrogen) atoms. The number of nitrogens with zero attached hydrogens (tertiary/aromatic N) is 2. The zero-order valence-corrected chi connectivity index (χ0v) is 18.9. The monoisotopic (exact) mass is 465 g/mol. The van der Waals surface area contributed by atoms with Gasteiger partial charge in [-0.3, -0.25) is 9.48 Å². The number of nitrogens with one attached hydrogen (secondary N) is 1. The zero-order chi connectivity index (χ0) is 22.5. The molecule has 0 spiro atoms. The number of carbonyl (C=O) groups excluding carboxylic acids is 1. The van der Waals surface area contributed by atoms with E-state index in [2.05, 4.69) is 10.4 Å². The molecular weight excluding hydrogens is 445 g/mol. The highest BCUT2D eigenvalue weighted by atomic mass is 35.5. The van der Waals surface area contributed by atoms with Crippen molar-refractivity contribution < 1.29 is 9.53 Å². The van der Waals surface area contributed by atoms with Gasteiger partial charge < -0.3 is 10.1 Å². The van der Waals surface area contributed by atoms with Crippen LogP contribution in [0.25, 0.3) is 0 Å². The molecule has 1 amide bonds. The van der Waals surface area contributed by atoms with Crippen LogP contribution in [0.1, 0.15) is 27.0 Å². The maximum atomic E-state index is 12.6. The number of hydrogen-bond acceptors (Lipinski definition) is 3. The maximum Gasteiger partial charge on any atom is 0.255 e. The number of rotatable bonds is 7. The molecule has 162 valence electrons. The standard InChI is InChI=1S/C25H21Cl2N3O2/c1-17-12-22(10-11-23(17)26)32-16-18-6-8-19(9-7-18)25(31)29-21-13-28-30(15-21)14-20-4-2-3-5-24(20)27/h2-13,15H,14,16H2,1H3,(H,29,31). The number of benzene rings is 3. The quantitative estimate of drug-likeness (QED) is 0.344. The Morgan fingerprint density at radius 2 is 1.81 bits per heavy atom. The van der Waals surface area contributed by atoms with Crippen LogP contribution in [0.4, 0.5) is 5.69 Å². The summed E-state index contributed by atoms with van der Waals surface area (Å²) in [6.45, 7) is 2.86. The first-order valence-electron chi connectivity index (χ1n) is 10.0. The molecule has 1 N–H and O–H groups in total. The SMILES string of the molecule is Cc1cc(OCc2ccc(C(=O)Nc3cnn(Cc4ccccc4Cl)c3)cc2)ccc1Cl. The van der Waals surface area contributed by atoms with Crippen molar-refractivity contribution in [1.82, 2.24) is 9.78 Å². The van der Waals surface area contributed by atoms with Crippen LogP contribution in [-0.4, -0.2) is 15.7 Å². The third kappa shape index (κ3) is 5.49. The summed E-state index contributed by atoms with van der Waals surface area (Å²) in [6, 6.07) is 20.4. The molecule has 0 bridgehead atoms. The number of anilines is 1. The molecule has 0 unspecified atom stereocenters. The summed E-state index contributed by atoms with van der Waals surface area (Å²) < 4.78 is 7.54. The van der Waals surface area contributed by atoms with E-state index in [4.69, 9.17) is 27.9 Å². The lowest BCUT2D eigenvalue weighted by molar-refractivity contribution is 0.102. The van der Waals surface area contributed by atoms with Gasteiger partial charge in [0.2, 0.25) is 0 Å². The summed E-state index contributed by atoms with van der Waals surface area (Å²) in [5, 5.41) is 8.56. The van der Waals surface area contributed by atoms with Crippen molar-refractivity contribution >= 4 is 34.8 Å². The van der Waals surface area contributed by atoms with Crippen molar-refractivity contribution in [2.24, 2.45) is 0 Å². The van der Waals surface area contributed by atoms with E-state index in [1.807, 2.05) is 61.5 Å². The predicted molar refractivity (Wildman–Crippen MR) is 128 cm³/mol. The second kappa shape index (κ2) is 9.90. The molecule has 0 radical (unpaired) electrons. The van der Waals surface area contributed by atoms with Gasteiger partial charge in [-0.2, -0.15) is 5.10 Å². The van der Waals surface area contributed by atoms with Crippen LogP contribution in [0.3, 0.4) is 0 Å². The number of aromatic nitrogens is 2. The van der Waals surface area contributed by atoms with Gasteiger partial charge in [0.1, 0.15) is 12.4 Å². The van der Waals surface area contributed by atoms with E-state index in [0.29, 0.717) is 34.4 Å². The molecule has 5 nitrogen and oxygen atoms in total. The van der Waals surface area contributed by atoms with Gasteiger partial charge in [-0.15, -0.1) is 0 Å². The molecule has 0 aliphatic heterocycles. The summed E-state index contributed by atoms with van der Waals surface area (Å²) in [4.78, 5) is 12.6. The van der Waals surface area contributed by atoms with Crippen LogP contribution in [0.5, 0.6) is 5.75 Å². The van der Waals surface area contributed by atoms with Crippen molar-refractivity contribution in [3.63, 3.8) is 0 Å². The van der Waals surface area contributed by atoms with Crippen molar-refractivity contribution in [2.45, 2.75) is 20.1 Å². The van der Waals surface area contributed by atoms with Crippen molar-refractivity contribution in [3.05, 3.63) is 111 Å². The van der Waals surface area contributed by atoms with E-state index in [9.17, 15) is 4.79 Å². The molecule has 0 aliphatic rings. The lowest BCUT2D eigenvalue weighted by Gasteiger charge is -2.09. The van der Waals surface area contributed by atoms with E-state index in [1.54, 1.807) is 29.2 Å². The van der Waals surface area contributed by atoms with Crippen LogP contribution >= 0.6 is 23.2 Å². The smallest absolute Gasteiger partial charge is 0.255 e. The number of halogens is 2. The summed E-state index contributed by atoms with van der Waals surface area (Å²) in [5.74, 6) is 0.547. The first-order valence-corrected chi connectivity index (χ1v) is 10.8. The molecule has 0 saturated carbocycles. The Morgan fingerprint density at radius 3 is 2.56 bits per heavy atom. The minimum atomic E-state index is -0.205. The number of hydrogen-bond donors (Lipinski definition) is 1. The van der Waals surface area contributed by atoms with E-state index >= 15 is 0 Å². The third-order valence-corrected chi connectivity index (χ3v) is 5.73. The molecule has 1 aromatic heterocycles. The fourth-order valence-electron chi connectivity index (χ4n) is 3.14. The van der Waals surface area contributed by atoms with E-state index in [1.165, 1.54) is 0 Å². The molecule has 0 fully saturated rings. The molecule has 7 heteroatoms. The fraction of sp³-hybridized carbons (Fsp3) is 0.120. The number of carbonyl (C=O) groups is 1. The van der Waals surface area contributed by atoms with Gasteiger partial charge in [0.25, 0.3) is 5.91 Å². The largest absolute Gasteiger partial charge is 0.489 e. The van der Waals surface area contributed by atoms with Gasteiger partial charge in [0.15, 0.2) is 0 Å². The van der Waals surface area contributed by atoms with Gasteiger partial charge in [-0.25, -0.2) is 0 Å². The van der Waals surface area contributed by atoms with E-state index in [-0.39, 0.29) is 5.91 Å². The second-order valence-electron chi connectivity index (χ2n) is 7.37. The normalized spacial score (nSPS) is 10.7. The Kier molecular flexibility index (Phi) is 6.78. The topological polar surface area (TPSA) is 56.1 Å². The van der Waals surface area contributed by atoms with Gasteiger partial charge in [-0.05, 0) is 60.0 Å². The molecule has 3 aromatic carbocycles. The molecular formula is C25H21Cl2N3O2. The van der Waals surface area contributed by atoms with Crippen molar-refractivity contribution in [1.29, 1.82) is 0 Å². The highest BCUT2D eigenvalue weighted by Gasteiger charge is 2.09. The Bertz CT molecular complexity index is 1240. The van der Waals surface area contributed by atoms with E-state index < -0.39 is 0 Å². The Hall–Kier alpha value is -3.28. The molecule has 4 rings (SSSR count). The Morgan fingerprint density at radius 1 is 1.03 bits per heavy atom. The predicted octanol–water partition coefficient (Wildman–Crippen LogP) is 6.38. The lowest BCUT2D eigenvalue weighted by Crippen LogP contribution is -2.11. The van der Waals surface area contributed by atoms with Crippen LogP contribution in [0, 0.1) is 6.92 Å². The lowest BCUT2D eigenvalue weighted by atomic mass is 10.1. The zero-order valence-electron chi connectivity index (χ0n) is 17.4. The highest BCUT2D eigenvalue weighted by molar-refractivity contribution is 6.31. The summed E-state index contributed by atoms with van der Waals surface area (Å²) in [5.41, 5.74) is 4.05. The summed E-state index contributed by atoms with van der Waals surface area (Å²) >= 11 is 12.2. The molecule has 4 aromatic rings. The second-order valence-corrected chi connectivity index (χ2v) is 8.18. The average molecular weight is 466 g/mol. The Balaban J connectivity index is 1.33. The molecule has 0 aliphatic carbocycles. The first kappa shape index (κ1) is 21.9. The van der Waals surface area contributed by atoms with Crippen molar-refractivity contribution in [2.75, 3.05) is 5.32 Å². The van der Waals surface area contributed by atoms with Gasteiger partial charge in [0.05, 0.1) is 18.4 Å². The Labute approximate surface area is 196 Å². The summed E-state index contributed by atoms with van der Waals surface area (Å²) in [6.07, 6.45) is 3.39. The maximum absolute atomic E-state index is 12.6. The van der Waals surface area contributed by atoms with Crippen molar-refractivity contribution in [3.8, 4) is 5.75 Å².